The molecule has 0 unspecified atom stereocenters. The molecule has 2 rings (SSSR count). The van der Waals surface area contributed by atoms with E-state index < -0.39 is 5.97 Å². The highest BCUT2D eigenvalue weighted by molar-refractivity contribution is 6.05. The Kier molecular flexibility index (Phi) is 4.61. The van der Waals surface area contributed by atoms with Gasteiger partial charge >= 0.3 is 5.97 Å². The molecule has 0 N–H and O–H groups in total. The zero-order valence-electron chi connectivity index (χ0n) is 13.6. The van der Waals surface area contributed by atoms with Gasteiger partial charge in [0.05, 0.1) is 29.4 Å². The molecule has 0 fully saturated rings. The van der Waals surface area contributed by atoms with Crippen molar-refractivity contribution in [3.63, 3.8) is 0 Å². The molecule has 0 bridgehead atoms. The highest BCUT2D eigenvalue weighted by atomic mass is 16.5. The number of ether oxygens (including phenoxy) is 1. The fourth-order valence-corrected chi connectivity index (χ4v) is 2.53. The Balaban J connectivity index is 2.70. The molecule has 0 aromatic carbocycles. The van der Waals surface area contributed by atoms with Gasteiger partial charge in [-0.05, 0) is 34.0 Å². The molecule has 0 saturated carbocycles. The van der Waals surface area contributed by atoms with Crippen LogP contribution in [0, 0.1) is 13.8 Å². The predicted molar refractivity (Wildman–Crippen MR) is 85.4 cm³/mol. The largest absolute Gasteiger partial charge is 0.465 e. The van der Waals surface area contributed by atoms with E-state index in [-0.39, 0.29) is 5.56 Å². The molecule has 0 atom stereocenters. The summed E-state index contributed by atoms with van der Waals surface area (Å²) in [7, 11) is 5.24. The molecular weight excluding hydrogens is 282 g/mol. The SMILES string of the molecule is COC(=O)c1c(C)nc(C)c2c(=O)n(CCN(C)C)ccc12. The van der Waals surface area contributed by atoms with Crippen molar-refractivity contribution < 1.29 is 9.53 Å². The maximum Gasteiger partial charge on any atom is 0.340 e. The lowest BCUT2D eigenvalue weighted by Gasteiger charge is -2.14. The smallest absolute Gasteiger partial charge is 0.340 e. The Morgan fingerprint density at radius 2 is 2.00 bits per heavy atom. The van der Waals surface area contributed by atoms with Crippen LogP contribution in [0.25, 0.3) is 10.8 Å². The van der Waals surface area contributed by atoms with Gasteiger partial charge in [0.2, 0.25) is 0 Å². The molecule has 2 aromatic heterocycles. The summed E-state index contributed by atoms with van der Waals surface area (Å²) in [6.45, 7) is 4.88. The first kappa shape index (κ1) is 16.2. The average molecular weight is 303 g/mol. The third kappa shape index (κ3) is 2.87. The summed E-state index contributed by atoms with van der Waals surface area (Å²) in [5.74, 6) is -0.472. The highest BCUT2D eigenvalue weighted by Gasteiger charge is 2.19. The Morgan fingerprint density at radius 3 is 2.59 bits per heavy atom. The molecule has 6 heteroatoms. The third-order valence-corrected chi connectivity index (χ3v) is 3.67. The van der Waals surface area contributed by atoms with Crippen LogP contribution in [-0.4, -0.2) is 48.2 Å². The Morgan fingerprint density at radius 1 is 1.32 bits per heavy atom. The second-order valence-corrected chi connectivity index (χ2v) is 5.56. The number of nitrogens with zero attached hydrogens (tertiary/aromatic N) is 3. The van der Waals surface area contributed by atoms with Crippen LogP contribution in [-0.2, 0) is 11.3 Å². The number of carbonyl (C=O) groups is 1. The zero-order valence-corrected chi connectivity index (χ0v) is 13.6. The number of hydrogen-bond acceptors (Lipinski definition) is 5. The van der Waals surface area contributed by atoms with Crippen molar-refractivity contribution in [1.29, 1.82) is 0 Å². The summed E-state index contributed by atoms with van der Waals surface area (Å²) in [6, 6.07) is 1.79. The molecule has 0 aliphatic rings. The standard InChI is InChI=1S/C16H21N3O3/c1-10-13-12(14(11(2)17-10)16(21)22-5)6-7-19(15(13)20)9-8-18(3)4/h6-7H,8-9H2,1-5H3. The topological polar surface area (TPSA) is 64.4 Å². The normalized spacial score (nSPS) is 11.2. The highest BCUT2D eigenvalue weighted by Crippen LogP contribution is 2.21. The minimum absolute atomic E-state index is 0.130. The van der Waals surface area contributed by atoms with E-state index in [0.717, 1.165) is 6.54 Å². The molecule has 0 spiro atoms. The molecular formula is C16H21N3O3. The summed E-state index contributed by atoms with van der Waals surface area (Å²) in [5, 5.41) is 1.08. The van der Waals surface area contributed by atoms with Gasteiger partial charge in [-0.3, -0.25) is 9.78 Å². The molecule has 0 aliphatic heterocycles. The first-order valence-electron chi connectivity index (χ1n) is 7.10. The maximum atomic E-state index is 12.7. The second kappa shape index (κ2) is 6.27. The van der Waals surface area contributed by atoms with Crippen LogP contribution in [0.5, 0.6) is 0 Å². The minimum Gasteiger partial charge on any atom is -0.465 e. The summed E-state index contributed by atoms with van der Waals surface area (Å²) < 4.78 is 6.47. The van der Waals surface area contributed by atoms with Crippen LogP contribution in [0.3, 0.4) is 0 Å². The van der Waals surface area contributed by atoms with Gasteiger partial charge in [0.15, 0.2) is 0 Å². The van der Waals surface area contributed by atoms with Crippen molar-refractivity contribution in [2.24, 2.45) is 0 Å². The Bertz CT molecular complexity index is 778. The number of esters is 1. The van der Waals surface area contributed by atoms with E-state index in [4.69, 9.17) is 4.74 Å². The lowest BCUT2D eigenvalue weighted by atomic mass is 10.0. The fraction of sp³-hybridized carbons (Fsp3) is 0.438. The Labute approximate surface area is 129 Å². The van der Waals surface area contributed by atoms with E-state index in [0.29, 0.717) is 34.3 Å². The van der Waals surface area contributed by atoms with Crippen molar-refractivity contribution in [2.75, 3.05) is 27.7 Å². The molecule has 2 aromatic rings. The summed E-state index contributed by atoms with van der Waals surface area (Å²) in [4.78, 5) is 31.0. The number of rotatable bonds is 4. The molecule has 2 heterocycles. The van der Waals surface area contributed by atoms with Crippen molar-refractivity contribution >= 4 is 16.7 Å². The van der Waals surface area contributed by atoms with Gasteiger partial charge in [-0.15, -0.1) is 0 Å². The minimum atomic E-state index is -0.472. The van der Waals surface area contributed by atoms with Crippen LogP contribution in [0.4, 0.5) is 0 Å². The quantitative estimate of drug-likeness (QED) is 0.798. The van der Waals surface area contributed by atoms with Crippen LogP contribution in [0.15, 0.2) is 17.1 Å². The van der Waals surface area contributed by atoms with Crippen molar-refractivity contribution in [3.8, 4) is 0 Å². The van der Waals surface area contributed by atoms with Crippen LogP contribution < -0.4 is 5.56 Å². The Hall–Kier alpha value is -2.21. The third-order valence-electron chi connectivity index (χ3n) is 3.67. The number of aromatic nitrogens is 2. The number of fused-ring (bicyclic) bond motifs is 1. The van der Waals surface area contributed by atoms with Crippen molar-refractivity contribution in [3.05, 3.63) is 39.6 Å². The first-order valence-corrected chi connectivity index (χ1v) is 7.10. The zero-order chi connectivity index (χ0) is 16.4. The lowest BCUT2D eigenvalue weighted by Crippen LogP contribution is -2.27. The molecule has 0 amide bonds. The first-order chi connectivity index (χ1) is 10.4. The van der Waals surface area contributed by atoms with E-state index in [1.807, 2.05) is 19.0 Å². The number of carbonyl (C=O) groups excluding carboxylic acids is 1. The number of likely N-dealkylation sites (N-methyl/N-ethyl adjacent to an activating group) is 1. The fourth-order valence-electron chi connectivity index (χ4n) is 2.53. The van der Waals surface area contributed by atoms with E-state index in [1.165, 1.54) is 7.11 Å². The average Bonchev–Trinajstić information content (AvgIpc) is 2.45. The molecule has 0 radical (unpaired) electrons. The lowest BCUT2D eigenvalue weighted by molar-refractivity contribution is 0.0601. The van der Waals surface area contributed by atoms with Gasteiger partial charge < -0.3 is 14.2 Å². The van der Waals surface area contributed by atoms with E-state index in [9.17, 15) is 9.59 Å². The number of hydrogen-bond donors (Lipinski definition) is 0. The molecule has 6 nitrogen and oxygen atoms in total. The van der Waals surface area contributed by atoms with E-state index in [1.54, 1.807) is 30.7 Å². The van der Waals surface area contributed by atoms with Gasteiger partial charge in [0, 0.05) is 24.7 Å². The maximum absolute atomic E-state index is 12.7. The van der Waals surface area contributed by atoms with Gasteiger partial charge in [-0.1, -0.05) is 0 Å². The van der Waals surface area contributed by atoms with Gasteiger partial charge in [0.1, 0.15) is 0 Å². The number of methoxy groups -OCH3 is 1. The summed E-state index contributed by atoms with van der Waals surface area (Å²) in [6.07, 6.45) is 1.72. The van der Waals surface area contributed by atoms with Gasteiger partial charge in [-0.2, -0.15) is 0 Å². The van der Waals surface area contributed by atoms with Gasteiger partial charge in [0.25, 0.3) is 5.56 Å². The molecule has 22 heavy (non-hydrogen) atoms. The second-order valence-electron chi connectivity index (χ2n) is 5.56. The summed E-state index contributed by atoms with van der Waals surface area (Å²) in [5.41, 5.74) is 1.43. The van der Waals surface area contributed by atoms with E-state index >= 15 is 0 Å². The van der Waals surface area contributed by atoms with Crippen LogP contribution in [0.1, 0.15) is 21.7 Å². The van der Waals surface area contributed by atoms with Crippen LogP contribution in [0.2, 0.25) is 0 Å². The number of pyridine rings is 2. The summed E-state index contributed by atoms with van der Waals surface area (Å²) >= 11 is 0. The monoisotopic (exact) mass is 303 g/mol. The predicted octanol–water partition coefficient (Wildman–Crippen LogP) is 1.36. The molecule has 0 aliphatic carbocycles. The van der Waals surface area contributed by atoms with Gasteiger partial charge in [-0.25, -0.2) is 4.79 Å². The molecule has 118 valence electrons. The van der Waals surface area contributed by atoms with Crippen molar-refractivity contribution in [2.45, 2.75) is 20.4 Å². The van der Waals surface area contributed by atoms with Crippen LogP contribution >= 0.6 is 0 Å². The molecule has 0 saturated heterocycles. The van der Waals surface area contributed by atoms with Crippen molar-refractivity contribution in [1.82, 2.24) is 14.5 Å². The van der Waals surface area contributed by atoms with E-state index in [2.05, 4.69) is 4.98 Å². The number of aryl methyl sites for hydroxylation is 2.